The van der Waals surface area contributed by atoms with Gasteiger partial charge >= 0.3 is 0 Å². The average molecular weight is 177 g/mol. The molecular formula is C10H15N3. The van der Waals surface area contributed by atoms with E-state index in [2.05, 4.69) is 28.6 Å². The van der Waals surface area contributed by atoms with Gasteiger partial charge in [-0.15, -0.1) is 0 Å². The molecule has 0 radical (unpaired) electrons. The zero-order valence-corrected chi connectivity index (χ0v) is 7.66. The predicted octanol–water partition coefficient (Wildman–Crippen LogP) is 0.860. The molecule has 13 heavy (non-hydrogen) atoms. The van der Waals surface area contributed by atoms with Gasteiger partial charge in [0.05, 0.1) is 5.69 Å². The Kier molecular flexibility index (Phi) is 2.47. The van der Waals surface area contributed by atoms with E-state index in [1.54, 1.807) is 0 Å². The molecular weight excluding hydrogens is 162 g/mol. The van der Waals surface area contributed by atoms with E-state index in [9.17, 15) is 0 Å². The van der Waals surface area contributed by atoms with Gasteiger partial charge < -0.3 is 10.7 Å². The van der Waals surface area contributed by atoms with Crippen LogP contribution < -0.4 is 16.2 Å². The smallest absolute Gasteiger partial charge is 0.0564 e. The average Bonchev–Trinajstić information content (AvgIpc) is 2.70. The molecule has 0 aliphatic carbocycles. The highest BCUT2D eigenvalue weighted by atomic mass is 15.5. The van der Waals surface area contributed by atoms with Gasteiger partial charge in [-0.2, -0.15) is 0 Å². The fourth-order valence-corrected chi connectivity index (χ4v) is 1.68. The van der Waals surface area contributed by atoms with E-state index >= 15 is 0 Å². The lowest BCUT2D eigenvalue weighted by Gasteiger charge is -2.20. The van der Waals surface area contributed by atoms with E-state index in [1.165, 1.54) is 17.7 Å². The quantitative estimate of drug-likeness (QED) is 0.704. The van der Waals surface area contributed by atoms with Gasteiger partial charge in [-0.25, -0.2) is 5.43 Å². The number of rotatable bonds is 2. The number of hydrogen-bond acceptors (Lipinski definition) is 3. The Labute approximate surface area is 78.5 Å². The minimum atomic E-state index is 0.606. The highest BCUT2D eigenvalue weighted by Gasteiger charge is 2.13. The van der Waals surface area contributed by atoms with Crippen molar-refractivity contribution in [1.29, 1.82) is 0 Å². The highest BCUT2D eigenvalue weighted by molar-refractivity contribution is 5.53. The van der Waals surface area contributed by atoms with Crippen LogP contribution in [0.5, 0.6) is 0 Å². The molecule has 70 valence electrons. The minimum absolute atomic E-state index is 0.606. The lowest BCUT2D eigenvalue weighted by molar-refractivity contribution is 0.780. The number of nitrogens with zero attached hydrogens (tertiary/aromatic N) is 1. The van der Waals surface area contributed by atoms with Crippen LogP contribution in [0.2, 0.25) is 0 Å². The van der Waals surface area contributed by atoms with Gasteiger partial charge in [0.2, 0.25) is 0 Å². The molecule has 1 aliphatic heterocycles. The molecule has 0 spiro atoms. The van der Waals surface area contributed by atoms with Crippen molar-refractivity contribution >= 4 is 5.69 Å². The number of hydrazine groups is 1. The number of hydrogen-bond donors (Lipinski definition) is 2. The van der Waals surface area contributed by atoms with Crippen molar-refractivity contribution in [2.45, 2.75) is 13.0 Å². The third-order valence-electron chi connectivity index (χ3n) is 2.36. The molecule has 0 aromatic heterocycles. The van der Waals surface area contributed by atoms with E-state index in [0.29, 0.717) is 6.54 Å². The summed E-state index contributed by atoms with van der Waals surface area (Å²) in [5, 5.41) is 2.18. The summed E-state index contributed by atoms with van der Waals surface area (Å²) in [4.78, 5) is 0. The van der Waals surface area contributed by atoms with Gasteiger partial charge in [-0.3, -0.25) is 0 Å². The molecule has 0 saturated carbocycles. The van der Waals surface area contributed by atoms with E-state index in [-0.39, 0.29) is 0 Å². The lowest BCUT2D eigenvalue weighted by atomic mass is 10.2. The second-order valence-corrected chi connectivity index (χ2v) is 3.25. The number of anilines is 1. The number of nitrogens with one attached hydrogen (secondary N) is 1. The maximum Gasteiger partial charge on any atom is 0.0564 e. The van der Waals surface area contributed by atoms with Crippen LogP contribution in [0.25, 0.3) is 0 Å². The minimum Gasteiger partial charge on any atom is -0.326 e. The van der Waals surface area contributed by atoms with Crippen LogP contribution in [-0.4, -0.2) is 13.1 Å². The molecule has 1 aromatic carbocycles. The summed E-state index contributed by atoms with van der Waals surface area (Å²) in [6.45, 7) is 2.75. The van der Waals surface area contributed by atoms with Crippen molar-refractivity contribution in [3.05, 3.63) is 29.8 Å². The maximum atomic E-state index is 5.66. The first-order valence-corrected chi connectivity index (χ1v) is 4.71. The first kappa shape index (κ1) is 8.53. The molecule has 3 heteroatoms. The summed E-state index contributed by atoms with van der Waals surface area (Å²) < 4.78 is 0. The van der Waals surface area contributed by atoms with E-state index in [0.717, 1.165) is 13.1 Å². The van der Waals surface area contributed by atoms with Gasteiger partial charge in [-0.05, 0) is 18.1 Å². The zero-order chi connectivity index (χ0) is 9.10. The predicted molar refractivity (Wildman–Crippen MR) is 54.3 cm³/mol. The van der Waals surface area contributed by atoms with Crippen molar-refractivity contribution in [3.8, 4) is 0 Å². The van der Waals surface area contributed by atoms with Crippen LogP contribution in [-0.2, 0) is 6.54 Å². The largest absolute Gasteiger partial charge is 0.326 e. The SMILES string of the molecule is NCc1ccccc1N1CCCN1. The molecule has 0 atom stereocenters. The summed E-state index contributed by atoms with van der Waals surface area (Å²) in [6.07, 6.45) is 1.21. The molecule has 3 nitrogen and oxygen atoms in total. The van der Waals surface area contributed by atoms with Crippen molar-refractivity contribution in [2.75, 3.05) is 18.1 Å². The third kappa shape index (κ3) is 1.66. The summed E-state index contributed by atoms with van der Waals surface area (Å²) in [5.41, 5.74) is 11.4. The van der Waals surface area contributed by atoms with E-state index < -0.39 is 0 Å². The molecule has 1 heterocycles. The molecule has 1 aliphatic rings. The van der Waals surface area contributed by atoms with Crippen molar-refractivity contribution in [2.24, 2.45) is 5.73 Å². The Hall–Kier alpha value is -1.06. The van der Waals surface area contributed by atoms with Crippen LogP contribution in [0.3, 0.4) is 0 Å². The third-order valence-corrected chi connectivity index (χ3v) is 2.36. The summed E-state index contributed by atoms with van der Waals surface area (Å²) in [6, 6.07) is 8.27. The fourth-order valence-electron chi connectivity index (χ4n) is 1.68. The summed E-state index contributed by atoms with van der Waals surface area (Å²) >= 11 is 0. The maximum absolute atomic E-state index is 5.66. The molecule has 1 aromatic rings. The Balaban J connectivity index is 2.26. The Morgan fingerprint density at radius 1 is 1.38 bits per heavy atom. The number of para-hydroxylation sites is 1. The molecule has 1 fully saturated rings. The van der Waals surface area contributed by atoms with Crippen LogP contribution in [0.4, 0.5) is 5.69 Å². The second-order valence-electron chi connectivity index (χ2n) is 3.25. The van der Waals surface area contributed by atoms with Gasteiger partial charge in [0.15, 0.2) is 0 Å². The van der Waals surface area contributed by atoms with Gasteiger partial charge in [0, 0.05) is 19.6 Å². The lowest BCUT2D eigenvalue weighted by Crippen LogP contribution is -2.31. The van der Waals surface area contributed by atoms with E-state index in [1.807, 2.05) is 6.07 Å². The van der Waals surface area contributed by atoms with Crippen molar-refractivity contribution < 1.29 is 0 Å². The van der Waals surface area contributed by atoms with Crippen LogP contribution >= 0.6 is 0 Å². The Bertz CT molecular complexity index is 279. The topological polar surface area (TPSA) is 41.3 Å². The first-order valence-electron chi connectivity index (χ1n) is 4.71. The molecule has 1 saturated heterocycles. The summed E-state index contributed by atoms with van der Waals surface area (Å²) in [7, 11) is 0. The van der Waals surface area contributed by atoms with Crippen LogP contribution in [0.15, 0.2) is 24.3 Å². The molecule has 3 N–H and O–H groups in total. The number of nitrogens with two attached hydrogens (primary N) is 1. The van der Waals surface area contributed by atoms with Gasteiger partial charge in [-0.1, -0.05) is 18.2 Å². The standard InChI is InChI=1S/C10H15N3/c11-8-9-4-1-2-5-10(9)13-7-3-6-12-13/h1-2,4-5,12H,3,6-8,11H2. The summed E-state index contributed by atoms with van der Waals surface area (Å²) in [5.74, 6) is 0. The van der Waals surface area contributed by atoms with Crippen molar-refractivity contribution in [1.82, 2.24) is 5.43 Å². The van der Waals surface area contributed by atoms with Gasteiger partial charge in [0.1, 0.15) is 0 Å². The van der Waals surface area contributed by atoms with Gasteiger partial charge in [0.25, 0.3) is 0 Å². The fraction of sp³-hybridized carbons (Fsp3) is 0.400. The second kappa shape index (κ2) is 3.77. The monoisotopic (exact) mass is 177 g/mol. The zero-order valence-electron chi connectivity index (χ0n) is 7.66. The Morgan fingerprint density at radius 3 is 2.92 bits per heavy atom. The molecule has 0 bridgehead atoms. The van der Waals surface area contributed by atoms with E-state index in [4.69, 9.17) is 5.73 Å². The van der Waals surface area contributed by atoms with Crippen LogP contribution in [0, 0.1) is 0 Å². The highest BCUT2D eigenvalue weighted by Crippen LogP contribution is 2.20. The van der Waals surface area contributed by atoms with Crippen LogP contribution in [0.1, 0.15) is 12.0 Å². The molecule has 0 amide bonds. The first-order chi connectivity index (χ1) is 6.42. The van der Waals surface area contributed by atoms with Crippen molar-refractivity contribution in [3.63, 3.8) is 0 Å². The molecule has 2 rings (SSSR count). The number of benzene rings is 1. The normalized spacial score (nSPS) is 16.5. The Morgan fingerprint density at radius 2 is 2.23 bits per heavy atom. The molecule has 0 unspecified atom stereocenters.